The zero-order chi connectivity index (χ0) is 21.8. The van der Waals surface area contributed by atoms with E-state index in [1.54, 1.807) is 0 Å². The van der Waals surface area contributed by atoms with Gasteiger partial charge in [-0.2, -0.15) is 0 Å². The summed E-state index contributed by atoms with van der Waals surface area (Å²) in [7, 11) is 0. The molecule has 1 aromatic carbocycles. The van der Waals surface area contributed by atoms with Crippen LogP contribution >= 0.6 is 0 Å². The van der Waals surface area contributed by atoms with Crippen molar-refractivity contribution < 1.29 is 9.59 Å². The van der Waals surface area contributed by atoms with E-state index in [1.165, 1.54) is 5.69 Å². The van der Waals surface area contributed by atoms with Gasteiger partial charge >= 0.3 is 0 Å². The number of carbonyl (C=O) groups excluding carboxylic acids is 2. The van der Waals surface area contributed by atoms with Crippen LogP contribution in [0.15, 0.2) is 48.7 Å². The van der Waals surface area contributed by atoms with Crippen molar-refractivity contribution in [1.29, 1.82) is 0 Å². The molecule has 0 saturated carbocycles. The number of fused-ring (bicyclic) bond motifs is 1. The minimum atomic E-state index is -0.153. The lowest BCUT2D eigenvalue weighted by Crippen LogP contribution is -2.48. The number of nitrogens with one attached hydrogen (secondary N) is 1. The van der Waals surface area contributed by atoms with Crippen molar-refractivity contribution in [2.45, 2.75) is 26.7 Å². The Morgan fingerprint density at radius 2 is 1.74 bits per heavy atom. The zero-order valence-corrected chi connectivity index (χ0v) is 18.2. The molecule has 162 valence electrons. The van der Waals surface area contributed by atoms with Crippen LogP contribution in [0.2, 0.25) is 0 Å². The molecule has 3 aromatic rings. The van der Waals surface area contributed by atoms with Crippen molar-refractivity contribution in [2.75, 3.05) is 37.6 Å². The lowest BCUT2D eigenvalue weighted by atomic mass is 10.2. The van der Waals surface area contributed by atoms with E-state index in [1.807, 2.05) is 59.7 Å². The molecule has 0 radical (unpaired) electrons. The third-order valence-electron chi connectivity index (χ3n) is 5.84. The Hall–Kier alpha value is -3.35. The molecule has 0 bridgehead atoms. The fraction of sp³-hybridized carbons (Fsp3) is 0.375. The number of benzene rings is 1. The van der Waals surface area contributed by atoms with Gasteiger partial charge in [0.2, 0.25) is 5.91 Å². The number of anilines is 1. The number of aromatic nitrogens is 2. The van der Waals surface area contributed by atoms with Crippen LogP contribution in [0.25, 0.3) is 5.65 Å². The SMILES string of the molecule is Cc1nc2c(C)cccn2c1C(=O)NCCCC(=O)N1CCN(c2ccccc2)CC1. The van der Waals surface area contributed by atoms with Gasteiger partial charge in [-0.05, 0) is 44.0 Å². The summed E-state index contributed by atoms with van der Waals surface area (Å²) in [5.74, 6) is 0.00286. The normalized spacial score (nSPS) is 14.1. The molecule has 2 aromatic heterocycles. The number of hydrogen-bond donors (Lipinski definition) is 1. The summed E-state index contributed by atoms with van der Waals surface area (Å²) in [6.45, 7) is 7.46. The third-order valence-corrected chi connectivity index (χ3v) is 5.84. The fourth-order valence-corrected chi connectivity index (χ4v) is 4.13. The summed E-state index contributed by atoms with van der Waals surface area (Å²) >= 11 is 0. The van der Waals surface area contributed by atoms with Gasteiger partial charge in [0, 0.05) is 51.0 Å². The first-order valence-corrected chi connectivity index (χ1v) is 10.8. The standard InChI is InChI=1S/C24H29N5O2/c1-18-8-7-13-29-22(19(2)26-23(18)29)24(31)25-12-6-11-21(30)28-16-14-27(15-17-28)20-9-4-3-5-10-20/h3-5,7-10,13H,6,11-12,14-17H2,1-2H3,(H,25,31). The third kappa shape index (κ3) is 4.55. The second kappa shape index (κ2) is 9.20. The second-order valence-corrected chi connectivity index (χ2v) is 7.99. The van der Waals surface area contributed by atoms with E-state index in [2.05, 4.69) is 27.3 Å². The van der Waals surface area contributed by atoms with Crippen LogP contribution < -0.4 is 10.2 Å². The number of imidazole rings is 1. The highest BCUT2D eigenvalue weighted by Crippen LogP contribution is 2.17. The molecular formula is C24H29N5O2. The second-order valence-electron chi connectivity index (χ2n) is 7.99. The van der Waals surface area contributed by atoms with Crippen molar-refractivity contribution in [3.05, 3.63) is 65.6 Å². The van der Waals surface area contributed by atoms with Gasteiger partial charge in [-0.1, -0.05) is 24.3 Å². The van der Waals surface area contributed by atoms with E-state index in [4.69, 9.17) is 0 Å². The number of nitrogens with zero attached hydrogens (tertiary/aromatic N) is 4. The molecule has 0 aliphatic carbocycles. The molecule has 0 unspecified atom stereocenters. The van der Waals surface area contributed by atoms with Crippen molar-refractivity contribution in [3.8, 4) is 0 Å². The molecule has 1 N–H and O–H groups in total. The maximum atomic E-state index is 12.7. The lowest BCUT2D eigenvalue weighted by molar-refractivity contribution is -0.131. The topological polar surface area (TPSA) is 70.0 Å². The Labute approximate surface area is 182 Å². The molecule has 1 fully saturated rings. The predicted octanol–water partition coefficient (Wildman–Crippen LogP) is 2.81. The molecule has 1 aliphatic heterocycles. The van der Waals surface area contributed by atoms with E-state index < -0.39 is 0 Å². The van der Waals surface area contributed by atoms with Gasteiger partial charge in [0.1, 0.15) is 11.3 Å². The van der Waals surface area contributed by atoms with Gasteiger partial charge in [-0.15, -0.1) is 0 Å². The summed E-state index contributed by atoms with van der Waals surface area (Å²) < 4.78 is 1.83. The first-order chi connectivity index (χ1) is 15.0. The Morgan fingerprint density at radius 1 is 1.00 bits per heavy atom. The molecular weight excluding hydrogens is 390 g/mol. The van der Waals surface area contributed by atoms with Crippen LogP contribution in [0.5, 0.6) is 0 Å². The first kappa shape index (κ1) is 20.9. The Morgan fingerprint density at radius 3 is 2.48 bits per heavy atom. The number of rotatable bonds is 6. The van der Waals surface area contributed by atoms with Gasteiger partial charge in [-0.25, -0.2) is 4.98 Å². The van der Waals surface area contributed by atoms with Gasteiger partial charge < -0.3 is 15.1 Å². The number of pyridine rings is 1. The number of hydrogen-bond acceptors (Lipinski definition) is 4. The van der Waals surface area contributed by atoms with Gasteiger partial charge in [-0.3, -0.25) is 14.0 Å². The van der Waals surface area contributed by atoms with E-state index in [0.717, 1.165) is 37.4 Å². The van der Waals surface area contributed by atoms with Gasteiger partial charge in [0.05, 0.1) is 5.69 Å². The fourth-order valence-electron chi connectivity index (χ4n) is 4.13. The average Bonchev–Trinajstić information content (AvgIpc) is 3.14. The first-order valence-electron chi connectivity index (χ1n) is 10.8. The van der Waals surface area contributed by atoms with Gasteiger partial charge in [0.15, 0.2) is 0 Å². The minimum absolute atomic E-state index is 0.153. The predicted molar refractivity (Wildman–Crippen MR) is 121 cm³/mol. The van der Waals surface area contributed by atoms with Crippen molar-refractivity contribution in [1.82, 2.24) is 19.6 Å². The maximum Gasteiger partial charge on any atom is 0.270 e. The summed E-state index contributed by atoms with van der Waals surface area (Å²) in [6.07, 6.45) is 2.92. The van der Waals surface area contributed by atoms with Crippen molar-refractivity contribution in [3.63, 3.8) is 0 Å². The minimum Gasteiger partial charge on any atom is -0.368 e. The summed E-state index contributed by atoms with van der Waals surface area (Å²) in [4.78, 5) is 34.0. The van der Waals surface area contributed by atoms with E-state index in [0.29, 0.717) is 30.8 Å². The molecule has 2 amide bonds. The van der Waals surface area contributed by atoms with Crippen LogP contribution in [0, 0.1) is 13.8 Å². The Bertz CT molecular complexity index is 1070. The molecule has 31 heavy (non-hydrogen) atoms. The lowest BCUT2D eigenvalue weighted by Gasteiger charge is -2.36. The van der Waals surface area contributed by atoms with Gasteiger partial charge in [0.25, 0.3) is 5.91 Å². The largest absolute Gasteiger partial charge is 0.368 e. The molecule has 4 rings (SSSR count). The van der Waals surface area contributed by atoms with E-state index in [-0.39, 0.29) is 11.8 Å². The number of para-hydroxylation sites is 1. The van der Waals surface area contributed by atoms with Crippen LogP contribution in [-0.2, 0) is 4.79 Å². The Balaban J connectivity index is 1.23. The molecule has 0 spiro atoms. The molecule has 1 saturated heterocycles. The number of carbonyl (C=O) groups is 2. The smallest absolute Gasteiger partial charge is 0.270 e. The monoisotopic (exact) mass is 419 g/mol. The summed E-state index contributed by atoms with van der Waals surface area (Å²) in [5, 5.41) is 2.95. The number of aryl methyl sites for hydroxylation is 2. The maximum absolute atomic E-state index is 12.7. The highest BCUT2D eigenvalue weighted by atomic mass is 16.2. The number of amides is 2. The average molecular weight is 420 g/mol. The highest BCUT2D eigenvalue weighted by Gasteiger charge is 2.21. The summed E-state index contributed by atoms with van der Waals surface area (Å²) in [6, 6.07) is 14.2. The number of piperazine rings is 1. The summed E-state index contributed by atoms with van der Waals surface area (Å²) in [5.41, 5.74) is 4.30. The quantitative estimate of drug-likeness (QED) is 0.624. The molecule has 3 heterocycles. The van der Waals surface area contributed by atoms with Crippen LogP contribution in [-0.4, -0.2) is 58.8 Å². The van der Waals surface area contributed by atoms with Crippen LogP contribution in [0.3, 0.4) is 0 Å². The molecule has 7 nitrogen and oxygen atoms in total. The Kier molecular flexibility index (Phi) is 6.21. The van der Waals surface area contributed by atoms with Crippen LogP contribution in [0.4, 0.5) is 5.69 Å². The van der Waals surface area contributed by atoms with Crippen molar-refractivity contribution >= 4 is 23.1 Å². The van der Waals surface area contributed by atoms with E-state index >= 15 is 0 Å². The van der Waals surface area contributed by atoms with Crippen LogP contribution in [0.1, 0.15) is 34.6 Å². The highest BCUT2D eigenvalue weighted by molar-refractivity contribution is 5.94. The molecule has 0 atom stereocenters. The zero-order valence-electron chi connectivity index (χ0n) is 18.2. The van der Waals surface area contributed by atoms with Crippen molar-refractivity contribution in [2.24, 2.45) is 0 Å². The van der Waals surface area contributed by atoms with E-state index in [9.17, 15) is 9.59 Å². The molecule has 7 heteroatoms. The molecule has 1 aliphatic rings.